The van der Waals surface area contributed by atoms with Gasteiger partial charge in [0.25, 0.3) is 11.5 Å². The van der Waals surface area contributed by atoms with Crippen LogP contribution in [0.2, 0.25) is 5.02 Å². The van der Waals surface area contributed by atoms with Gasteiger partial charge in [0, 0.05) is 29.9 Å². The first kappa shape index (κ1) is 25.9. The van der Waals surface area contributed by atoms with E-state index >= 15 is 0 Å². The third-order valence-electron chi connectivity index (χ3n) is 9.23. The second kappa shape index (κ2) is 9.53. The highest BCUT2D eigenvalue weighted by Gasteiger charge is 2.47. The van der Waals surface area contributed by atoms with Crippen molar-refractivity contribution in [3.63, 3.8) is 0 Å². The van der Waals surface area contributed by atoms with Crippen molar-refractivity contribution >= 4 is 56.5 Å². The minimum Gasteiger partial charge on any atom is -0.341 e. The Morgan fingerprint density at radius 2 is 2.02 bits per heavy atom. The summed E-state index contributed by atoms with van der Waals surface area (Å²) in [7, 11) is 4.15. The maximum atomic E-state index is 13.8. The number of anilines is 2. The third kappa shape index (κ3) is 3.96. The summed E-state index contributed by atoms with van der Waals surface area (Å²) in [5.41, 5.74) is 0.658. The highest BCUT2D eigenvalue weighted by Crippen LogP contribution is 2.42. The van der Waals surface area contributed by atoms with Gasteiger partial charge < -0.3 is 20.4 Å². The summed E-state index contributed by atoms with van der Waals surface area (Å²) >= 11 is 8.18. The van der Waals surface area contributed by atoms with Crippen molar-refractivity contribution in [2.24, 2.45) is 5.92 Å². The Kier molecular flexibility index (Phi) is 6.17. The number of amides is 2. The van der Waals surface area contributed by atoms with Crippen LogP contribution < -0.4 is 16.2 Å². The molecule has 5 heterocycles. The van der Waals surface area contributed by atoms with E-state index in [2.05, 4.69) is 39.6 Å². The number of rotatable bonds is 4. The quantitative estimate of drug-likeness (QED) is 0.485. The van der Waals surface area contributed by atoms with E-state index in [9.17, 15) is 14.4 Å². The lowest BCUT2D eigenvalue weighted by Gasteiger charge is -2.27. The minimum atomic E-state index is -0.711. The largest absolute Gasteiger partial charge is 0.341 e. The van der Waals surface area contributed by atoms with Gasteiger partial charge in [0.15, 0.2) is 0 Å². The smallest absolute Gasteiger partial charge is 0.276 e. The first-order chi connectivity index (χ1) is 19.3. The van der Waals surface area contributed by atoms with E-state index in [-0.39, 0.29) is 39.7 Å². The van der Waals surface area contributed by atoms with Gasteiger partial charge in [-0.1, -0.05) is 11.6 Å². The summed E-state index contributed by atoms with van der Waals surface area (Å²) in [5.74, 6) is 0.467. The number of fused-ring (bicyclic) bond motifs is 5. The maximum Gasteiger partial charge on any atom is 0.276 e. The molecule has 210 valence electrons. The molecule has 1 saturated heterocycles. The van der Waals surface area contributed by atoms with Crippen molar-refractivity contribution in [2.45, 2.75) is 63.1 Å². The van der Waals surface area contributed by atoms with Gasteiger partial charge in [-0.05, 0) is 77.1 Å². The Hall–Kier alpha value is -3.02. The van der Waals surface area contributed by atoms with E-state index in [1.807, 2.05) is 4.90 Å². The molecule has 10 nitrogen and oxygen atoms in total. The highest BCUT2D eigenvalue weighted by atomic mass is 35.5. The number of likely N-dealkylation sites (N-methyl/N-ethyl adjacent to an activating group) is 1. The number of aryl methyl sites for hydroxylation is 1. The van der Waals surface area contributed by atoms with Crippen LogP contribution in [-0.4, -0.2) is 69.4 Å². The van der Waals surface area contributed by atoms with Crippen molar-refractivity contribution in [1.29, 1.82) is 0 Å². The molecule has 7 rings (SSSR count). The predicted molar refractivity (Wildman–Crippen MR) is 155 cm³/mol. The van der Waals surface area contributed by atoms with E-state index in [0.717, 1.165) is 65.9 Å². The van der Waals surface area contributed by atoms with E-state index < -0.39 is 5.66 Å². The number of carbonyl (C=O) groups is 2. The molecular weight excluding hydrogens is 550 g/mol. The Bertz CT molecular complexity index is 1610. The molecule has 1 spiro atoms. The Balaban J connectivity index is 1.20. The number of thiophene rings is 1. The monoisotopic (exact) mass is 581 g/mol. The van der Waals surface area contributed by atoms with Crippen molar-refractivity contribution in [3.8, 4) is 0 Å². The number of likely N-dealkylation sites (tertiary alicyclic amines) is 1. The van der Waals surface area contributed by atoms with Crippen LogP contribution in [0.1, 0.15) is 59.5 Å². The maximum absolute atomic E-state index is 13.8. The molecule has 1 saturated carbocycles. The standard InChI is InChI=1S/C28H32ClN7O3S/c1-34(2)16-7-10-35(13-16)26(38)15-5-6-17-20(11-15)40-25-21(17)23(30-14-31-25)32-19-12-18(29)22-24(37)33-28(8-3-4-9-28)36(22)27(19)39/h12,14-16H,3-11,13H2,1-2H3,(H,33,37)(H,30,31,32)/t15-,16-/m0/s1. The van der Waals surface area contributed by atoms with E-state index in [1.165, 1.54) is 12.4 Å². The van der Waals surface area contributed by atoms with Crippen LogP contribution in [0, 0.1) is 5.92 Å². The molecule has 2 aliphatic heterocycles. The lowest BCUT2D eigenvalue weighted by Crippen LogP contribution is -2.45. The van der Waals surface area contributed by atoms with E-state index in [0.29, 0.717) is 31.1 Å². The molecule has 40 heavy (non-hydrogen) atoms. The fourth-order valence-corrected chi connectivity index (χ4v) is 8.64. The molecule has 0 aromatic carbocycles. The van der Waals surface area contributed by atoms with Gasteiger partial charge in [0.05, 0.1) is 10.4 Å². The normalized spacial score (nSPS) is 23.2. The van der Waals surface area contributed by atoms with Crippen molar-refractivity contribution in [3.05, 3.63) is 43.9 Å². The first-order valence-electron chi connectivity index (χ1n) is 14.0. The van der Waals surface area contributed by atoms with Crippen LogP contribution >= 0.6 is 22.9 Å². The van der Waals surface area contributed by atoms with Gasteiger partial charge in [-0.15, -0.1) is 11.3 Å². The third-order valence-corrected chi connectivity index (χ3v) is 10.7. The summed E-state index contributed by atoms with van der Waals surface area (Å²) in [4.78, 5) is 55.2. The number of nitrogens with one attached hydrogen (secondary N) is 2. The van der Waals surface area contributed by atoms with Crippen LogP contribution in [-0.2, 0) is 23.3 Å². The van der Waals surface area contributed by atoms with E-state index in [4.69, 9.17) is 11.6 Å². The summed E-state index contributed by atoms with van der Waals surface area (Å²) < 4.78 is 1.56. The molecule has 2 amide bonds. The molecule has 2 atom stereocenters. The summed E-state index contributed by atoms with van der Waals surface area (Å²) in [6.07, 6.45) is 8.02. The number of nitrogens with zero attached hydrogens (tertiary/aromatic N) is 5. The lowest BCUT2D eigenvalue weighted by molar-refractivity contribution is -0.134. The average molecular weight is 582 g/mol. The Morgan fingerprint density at radius 1 is 1.23 bits per heavy atom. The van der Waals surface area contributed by atoms with Gasteiger partial charge in [0.2, 0.25) is 5.91 Å². The molecule has 0 bridgehead atoms. The average Bonchev–Trinajstić information content (AvgIpc) is 3.72. The number of pyridine rings is 1. The fraction of sp³-hybridized carbons (Fsp3) is 0.536. The molecule has 2 N–H and O–H groups in total. The van der Waals surface area contributed by atoms with Crippen LogP contribution in [0.25, 0.3) is 10.2 Å². The SMILES string of the molecule is CN(C)[C@H]1CCN(C(=O)[C@H]2CCc3c(sc4ncnc(Nc5cc(Cl)c6n(c5=O)C5(CCCC5)NC6=O)c34)C2)C1. The second-order valence-electron chi connectivity index (χ2n) is 11.7. The van der Waals surface area contributed by atoms with Gasteiger partial charge in [-0.25, -0.2) is 9.97 Å². The molecule has 0 unspecified atom stereocenters. The van der Waals surface area contributed by atoms with Crippen molar-refractivity contribution in [1.82, 2.24) is 29.7 Å². The molecule has 4 aliphatic rings. The van der Waals surface area contributed by atoms with E-state index in [1.54, 1.807) is 15.9 Å². The van der Waals surface area contributed by atoms with Gasteiger partial charge in [-0.2, -0.15) is 0 Å². The lowest BCUT2D eigenvalue weighted by atomic mass is 9.87. The molecule has 12 heteroatoms. The second-order valence-corrected chi connectivity index (χ2v) is 13.2. The molecule has 2 fully saturated rings. The summed E-state index contributed by atoms with van der Waals surface area (Å²) in [6.45, 7) is 1.61. The van der Waals surface area contributed by atoms with Crippen LogP contribution in [0.15, 0.2) is 17.2 Å². The highest BCUT2D eigenvalue weighted by molar-refractivity contribution is 7.19. The van der Waals surface area contributed by atoms with Gasteiger partial charge >= 0.3 is 0 Å². The number of halogens is 1. The predicted octanol–water partition coefficient (Wildman–Crippen LogP) is 3.49. The summed E-state index contributed by atoms with van der Waals surface area (Å²) in [6, 6.07) is 1.95. The molecule has 2 aliphatic carbocycles. The van der Waals surface area contributed by atoms with Gasteiger partial charge in [0.1, 0.15) is 34.0 Å². The van der Waals surface area contributed by atoms with Crippen molar-refractivity contribution < 1.29 is 9.59 Å². The zero-order valence-electron chi connectivity index (χ0n) is 22.6. The van der Waals surface area contributed by atoms with Gasteiger partial charge in [-0.3, -0.25) is 19.0 Å². The first-order valence-corrected chi connectivity index (χ1v) is 15.2. The molecule has 3 aromatic rings. The van der Waals surface area contributed by atoms with Crippen molar-refractivity contribution in [2.75, 3.05) is 32.5 Å². The molecule has 0 radical (unpaired) electrons. The Morgan fingerprint density at radius 3 is 2.77 bits per heavy atom. The number of hydrogen-bond donors (Lipinski definition) is 2. The van der Waals surface area contributed by atoms with Crippen LogP contribution in [0.5, 0.6) is 0 Å². The van der Waals surface area contributed by atoms with Crippen LogP contribution in [0.3, 0.4) is 0 Å². The minimum absolute atomic E-state index is 0.0290. The fourth-order valence-electron chi connectivity index (χ4n) is 7.09. The number of aromatic nitrogens is 3. The molecular formula is C28H32ClN7O3S. The summed E-state index contributed by atoms with van der Waals surface area (Å²) in [5, 5.41) is 7.42. The van der Waals surface area contributed by atoms with Crippen LogP contribution in [0.4, 0.5) is 11.5 Å². The number of carbonyl (C=O) groups excluding carboxylic acids is 2. The number of hydrogen-bond acceptors (Lipinski definition) is 8. The molecule has 3 aromatic heterocycles. The topological polar surface area (TPSA) is 112 Å². The zero-order valence-corrected chi connectivity index (χ0v) is 24.2. The zero-order chi connectivity index (χ0) is 27.8. The Labute approximate surface area is 240 Å².